The predicted octanol–water partition coefficient (Wildman–Crippen LogP) is 0.659. The number of amides is 3. The lowest BCUT2D eigenvalue weighted by molar-refractivity contribution is -0.151. The van der Waals surface area contributed by atoms with Crippen molar-refractivity contribution in [2.75, 3.05) is 52.5 Å². The number of nitrogens with one attached hydrogen (secondary N) is 1. The minimum Gasteiger partial charge on any atom is -0.493 e. The normalized spacial score (nSPS) is 13.4. The van der Waals surface area contributed by atoms with Gasteiger partial charge in [-0.25, -0.2) is 4.79 Å². The number of piperazine rings is 1. The van der Waals surface area contributed by atoms with Crippen molar-refractivity contribution in [3.8, 4) is 5.75 Å². The van der Waals surface area contributed by atoms with Crippen LogP contribution in [0.5, 0.6) is 5.75 Å². The van der Waals surface area contributed by atoms with Gasteiger partial charge in [0.25, 0.3) is 11.8 Å². The molecule has 1 N–H and O–H groups in total. The summed E-state index contributed by atoms with van der Waals surface area (Å²) in [5.41, 5.74) is 0.308. The summed E-state index contributed by atoms with van der Waals surface area (Å²) >= 11 is 0. The lowest BCUT2D eigenvalue weighted by Crippen LogP contribution is -2.51. The summed E-state index contributed by atoms with van der Waals surface area (Å²) in [6.45, 7) is 4.81. The van der Waals surface area contributed by atoms with E-state index in [0.717, 1.165) is 0 Å². The molecule has 1 aromatic rings. The van der Waals surface area contributed by atoms with Crippen molar-refractivity contribution in [1.82, 2.24) is 15.1 Å². The van der Waals surface area contributed by atoms with Crippen LogP contribution in [0.1, 0.15) is 24.2 Å². The average Bonchev–Trinajstić information content (AvgIpc) is 2.76. The summed E-state index contributed by atoms with van der Waals surface area (Å²) in [6.07, 6.45) is -0.405. The number of esters is 1. The minimum atomic E-state index is -0.726. The van der Waals surface area contributed by atoms with Gasteiger partial charge >= 0.3 is 12.1 Å². The lowest BCUT2D eigenvalue weighted by atomic mass is 10.2. The Bertz CT molecular complexity index is 761. The highest BCUT2D eigenvalue weighted by atomic mass is 16.6. The minimum absolute atomic E-state index is 0.293. The lowest BCUT2D eigenvalue weighted by Gasteiger charge is -2.33. The van der Waals surface area contributed by atoms with Crippen LogP contribution in [0.2, 0.25) is 0 Å². The molecule has 2 rings (SSSR count). The van der Waals surface area contributed by atoms with E-state index in [0.29, 0.717) is 50.7 Å². The number of hydrogen-bond acceptors (Lipinski definition) is 7. The molecule has 0 aromatic heterocycles. The first-order chi connectivity index (χ1) is 14.5. The van der Waals surface area contributed by atoms with Crippen LogP contribution in [-0.4, -0.2) is 86.2 Å². The molecule has 10 heteroatoms. The molecule has 30 heavy (non-hydrogen) atoms. The number of carbonyl (C=O) groups is 4. The molecule has 3 amide bonds. The van der Waals surface area contributed by atoms with Crippen LogP contribution >= 0.6 is 0 Å². The fraction of sp³-hybridized carbons (Fsp3) is 0.500. The van der Waals surface area contributed by atoms with E-state index in [-0.39, 0.29) is 12.5 Å². The predicted molar refractivity (Wildman–Crippen MR) is 106 cm³/mol. The summed E-state index contributed by atoms with van der Waals surface area (Å²) in [6, 6.07) is 6.69. The topological polar surface area (TPSA) is 114 Å². The summed E-state index contributed by atoms with van der Waals surface area (Å²) in [5, 5.41) is 2.45. The van der Waals surface area contributed by atoms with E-state index < -0.39 is 24.6 Å². The summed E-state index contributed by atoms with van der Waals surface area (Å²) in [5.74, 6) is -1.14. The van der Waals surface area contributed by atoms with Crippen molar-refractivity contribution in [3.63, 3.8) is 0 Å². The van der Waals surface area contributed by atoms with Gasteiger partial charge in [-0.3, -0.25) is 14.4 Å². The van der Waals surface area contributed by atoms with Crippen LogP contribution < -0.4 is 10.1 Å². The number of nitrogens with zero attached hydrogens (tertiary/aromatic N) is 2. The highest BCUT2D eigenvalue weighted by molar-refractivity contribution is 5.98. The molecule has 164 valence electrons. The van der Waals surface area contributed by atoms with Gasteiger partial charge in [0.1, 0.15) is 12.3 Å². The van der Waals surface area contributed by atoms with Gasteiger partial charge in [-0.2, -0.15) is 0 Å². The molecular weight excluding hydrogens is 394 g/mol. The molecule has 0 atom stereocenters. The van der Waals surface area contributed by atoms with E-state index in [9.17, 15) is 19.2 Å². The Kier molecular flexibility index (Phi) is 8.92. The maximum Gasteiger partial charge on any atom is 0.409 e. The van der Waals surface area contributed by atoms with Gasteiger partial charge in [0.15, 0.2) is 6.61 Å². The first-order valence-corrected chi connectivity index (χ1v) is 9.81. The zero-order valence-corrected chi connectivity index (χ0v) is 17.2. The van der Waals surface area contributed by atoms with Crippen molar-refractivity contribution < 1.29 is 33.4 Å². The van der Waals surface area contributed by atoms with E-state index in [1.54, 1.807) is 38.1 Å². The van der Waals surface area contributed by atoms with E-state index in [1.165, 1.54) is 9.80 Å². The molecule has 0 aliphatic carbocycles. The highest BCUT2D eigenvalue weighted by Gasteiger charge is 2.25. The Morgan fingerprint density at radius 1 is 0.933 bits per heavy atom. The highest BCUT2D eigenvalue weighted by Crippen LogP contribution is 2.17. The molecule has 1 aromatic carbocycles. The first kappa shape index (κ1) is 23.0. The van der Waals surface area contributed by atoms with Crippen molar-refractivity contribution in [1.29, 1.82) is 0 Å². The van der Waals surface area contributed by atoms with E-state index in [2.05, 4.69) is 5.32 Å². The van der Waals surface area contributed by atoms with Crippen molar-refractivity contribution in [2.24, 2.45) is 0 Å². The molecule has 0 spiro atoms. The Morgan fingerprint density at radius 2 is 1.60 bits per heavy atom. The van der Waals surface area contributed by atoms with Gasteiger partial charge in [-0.1, -0.05) is 12.1 Å². The van der Waals surface area contributed by atoms with Crippen LogP contribution in [0.25, 0.3) is 0 Å². The van der Waals surface area contributed by atoms with Crippen LogP contribution in [0.3, 0.4) is 0 Å². The fourth-order valence-corrected chi connectivity index (χ4v) is 2.82. The molecule has 1 saturated heterocycles. The van der Waals surface area contributed by atoms with Gasteiger partial charge in [0.2, 0.25) is 0 Å². The molecule has 1 aliphatic rings. The van der Waals surface area contributed by atoms with Gasteiger partial charge < -0.3 is 29.3 Å². The van der Waals surface area contributed by atoms with E-state index in [4.69, 9.17) is 14.2 Å². The van der Waals surface area contributed by atoms with Crippen LogP contribution in [0.15, 0.2) is 24.3 Å². The second-order valence-electron chi connectivity index (χ2n) is 6.34. The second kappa shape index (κ2) is 11.6. The average molecular weight is 421 g/mol. The molecule has 1 fully saturated rings. The third kappa shape index (κ3) is 6.64. The number of para-hydroxylation sites is 1. The Morgan fingerprint density at radius 3 is 2.27 bits per heavy atom. The monoisotopic (exact) mass is 421 g/mol. The zero-order valence-electron chi connectivity index (χ0n) is 17.2. The van der Waals surface area contributed by atoms with Crippen LogP contribution in [-0.2, 0) is 19.1 Å². The quantitative estimate of drug-likeness (QED) is 0.613. The molecule has 0 saturated carbocycles. The number of ether oxygens (including phenoxy) is 3. The third-order valence-electron chi connectivity index (χ3n) is 4.34. The van der Waals surface area contributed by atoms with E-state index >= 15 is 0 Å². The van der Waals surface area contributed by atoms with Crippen molar-refractivity contribution in [3.05, 3.63) is 29.8 Å². The molecular formula is C20H27N3O7. The number of rotatable bonds is 8. The summed E-state index contributed by atoms with van der Waals surface area (Å²) < 4.78 is 15.3. The maximum absolute atomic E-state index is 12.2. The Hall–Kier alpha value is -3.30. The largest absolute Gasteiger partial charge is 0.493 e. The van der Waals surface area contributed by atoms with Crippen molar-refractivity contribution in [2.45, 2.75) is 13.8 Å². The molecule has 0 bridgehead atoms. The number of carbonyl (C=O) groups excluding carboxylic acids is 4. The van der Waals surface area contributed by atoms with Gasteiger partial charge in [0, 0.05) is 26.2 Å². The maximum atomic E-state index is 12.2. The summed E-state index contributed by atoms with van der Waals surface area (Å²) in [7, 11) is 0. The molecule has 1 aliphatic heterocycles. The Labute approximate surface area is 175 Å². The molecule has 0 radical (unpaired) electrons. The Balaban J connectivity index is 1.72. The number of benzene rings is 1. The second-order valence-corrected chi connectivity index (χ2v) is 6.34. The molecule has 1 heterocycles. The van der Waals surface area contributed by atoms with Crippen LogP contribution in [0, 0.1) is 0 Å². The fourth-order valence-electron chi connectivity index (χ4n) is 2.82. The van der Waals surface area contributed by atoms with E-state index in [1.807, 2.05) is 0 Å². The van der Waals surface area contributed by atoms with Gasteiger partial charge in [-0.15, -0.1) is 0 Å². The standard InChI is InChI=1S/C20H27N3O7/c1-3-28-16-8-6-5-7-15(16)19(26)21-13-18(25)30-14-17(24)22-9-11-23(12-10-22)20(27)29-4-2/h5-8H,3-4,9-14H2,1-2H3,(H,21,26). The SMILES string of the molecule is CCOC(=O)N1CCN(C(=O)COC(=O)CNC(=O)c2ccccc2OCC)CC1. The van der Waals surface area contributed by atoms with Crippen LogP contribution in [0.4, 0.5) is 4.79 Å². The molecule has 10 nitrogen and oxygen atoms in total. The van der Waals surface area contributed by atoms with Gasteiger partial charge in [0.05, 0.1) is 18.8 Å². The summed E-state index contributed by atoms with van der Waals surface area (Å²) in [4.78, 5) is 51.0. The third-order valence-corrected chi connectivity index (χ3v) is 4.34. The number of hydrogen-bond donors (Lipinski definition) is 1. The first-order valence-electron chi connectivity index (χ1n) is 9.81. The van der Waals surface area contributed by atoms with Crippen molar-refractivity contribution >= 4 is 23.9 Å². The molecule has 0 unspecified atom stereocenters. The zero-order chi connectivity index (χ0) is 21.9. The van der Waals surface area contributed by atoms with Gasteiger partial charge in [-0.05, 0) is 26.0 Å². The smallest absolute Gasteiger partial charge is 0.409 e.